The van der Waals surface area contributed by atoms with E-state index >= 15 is 0 Å². The van der Waals surface area contributed by atoms with Gasteiger partial charge in [-0.25, -0.2) is 0 Å². The van der Waals surface area contributed by atoms with E-state index in [1.165, 1.54) is 89.9 Å². The normalized spacial score (nSPS) is 15.8. The molecule has 0 aromatic heterocycles. The molecule has 27 heavy (non-hydrogen) atoms. The van der Waals surface area contributed by atoms with Crippen molar-refractivity contribution in [3.63, 3.8) is 0 Å². The van der Waals surface area contributed by atoms with Crippen LogP contribution >= 0.6 is 0 Å². The molecule has 1 N–H and O–H groups in total. The van der Waals surface area contributed by atoms with Crippen LogP contribution < -0.4 is 0 Å². The van der Waals surface area contributed by atoms with E-state index in [0.717, 1.165) is 26.2 Å². The van der Waals surface area contributed by atoms with Crippen molar-refractivity contribution >= 4 is 5.84 Å². The topological polar surface area (TPSA) is 26.5 Å². The molecule has 1 atom stereocenters. The Bertz CT molecular complexity index is 381. The number of hydrogen-bond acceptors (Lipinski definition) is 2. The van der Waals surface area contributed by atoms with Crippen LogP contribution in [0.2, 0.25) is 0 Å². The minimum Gasteiger partial charge on any atom is -0.392 e. The average molecular weight is 382 g/mol. The molecule has 0 aromatic rings. The van der Waals surface area contributed by atoms with Gasteiger partial charge in [-0.15, -0.1) is 0 Å². The van der Waals surface area contributed by atoms with Crippen LogP contribution in [0.1, 0.15) is 111 Å². The summed E-state index contributed by atoms with van der Waals surface area (Å²) in [5.74, 6) is 2.27. The van der Waals surface area contributed by atoms with E-state index in [1.807, 2.05) is 0 Å². The van der Waals surface area contributed by atoms with E-state index in [-0.39, 0.29) is 6.61 Å². The molecule has 1 aliphatic heterocycles. The van der Waals surface area contributed by atoms with E-state index < -0.39 is 0 Å². The number of aliphatic hydroxyl groups excluding tert-OH is 1. The largest absolute Gasteiger partial charge is 0.392 e. The molecule has 0 radical (unpaired) electrons. The molecular formula is C24H49N2O+. The van der Waals surface area contributed by atoms with Gasteiger partial charge >= 0.3 is 0 Å². The summed E-state index contributed by atoms with van der Waals surface area (Å²) < 4.78 is 2.49. The van der Waals surface area contributed by atoms with Gasteiger partial charge in [0.25, 0.3) is 0 Å². The minimum absolute atomic E-state index is 0.279. The Balaban J connectivity index is 2.56. The van der Waals surface area contributed by atoms with Crippen molar-refractivity contribution in [2.24, 2.45) is 5.92 Å². The Morgan fingerprint density at radius 1 is 0.815 bits per heavy atom. The standard InChI is InChI=1S/C24H49N2O/c1-4-7-9-11-12-14-16-18-23(17-15-13-10-8-5-2)24-25(6-3)19-20-26(24)21-22-27/h23,27H,4-22H2,1-3H3/q+1. The lowest BCUT2D eigenvalue weighted by molar-refractivity contribution is -0.522. The molecule has 0 aliphatic carbocycles. The van der Waals surface area contributed by atoms with E-state index in [0.29, 0.717) is 5.92 Å². The van der Waals surface area contributed by atoms with Gasteiger partial charge in [-0.1, -0.05) is 90.9 Å². The maximum absolute atomic E-state index is 9.50. The first-order valence-electron chi connectivity index (χ1n) is 12.3. The SMILES string of the molecule is CCCCCCCCCC(CCCCCCC)C1=[N+](CCO)CCN1CC. The summed E-state index contributed by atoms with van der Waals surface area (Å²) in [5.41, 5.74) is 0. The smallest absolute Gasteiger partial charge is 0.250 e. The number of amidine groups is 1. The van der Waals surface area contributed by atoms with Gasteiger partial charge in [0, 0.05) is 0 Å². The Labute approximate surface area is 170 Å². The van der Waals surface area contributed by atoms with Crippen LogP contribution in [0.4, 0.5) is 0 Å². The molecule has 1 rings (SSSR count). The van der Waals surface area contributed by atoms with Gasteiger partial charge in [0.05, 0.1) is 19.1 Å². The lowest BCUT2D eigenvalue weighted by atomic mass is 9.92. The van der Waals surface area contributed by atoms with Gasteiger partial charge in [-0.05, 0) is 19.8 Å². The van der Waals surface area contributed by atoms with Gasteiger partial charge in [-0.3, -0.25) is 9.48 Å². The van der Waals surface area contributed by atoms with E-state index in [1.54, 1.807) is 5.84 Å². The van der Waals surface area contributed by atoms with Gasteiger partial charge in [-0.2, -0.15) is 0 Å². The van der Waals surface area contributed by atoms with Crippen molar-refractivity contribution < 1.29 is 9.68 Å². The summed E-state index contributed by atoms with van der Waals surface area (Å²) in [4.78, 5) is 2.59. The number of unbranched alkanes of at least 4 members (excludes halogenated alkanes) is 10. The van der Waals surface area contributed by atoms with Gasteiger partial charge in [0.1, 0.15) is 19.6 Å². The molecule has 1 heterocycles. The lowest BCUT2D eigenvalue weighted by Crippen LogP contribution is -2.36. The van der Waals surface area contributed by atoms with Gasteiger partial charge < -0.3 is 5.11 Å². The Kier molecular flexibility index (Phi) is 14.9. The molecule has 0 saturated heterocycles. The quantitative estimate of drug-likeness (QED) is 0.238. The molecule has 0 bridgehead atoms. The fraction of sp³-hybridized carbons (Fsp3) is 0.958. The van der Waals surface area contributed by atoms with E-state index in [9.17, 15) is 5.11 Å². The maximum atomic E-state index is 9.50. The van der Waals surface area contributed by atoms with Crippen LogP contribution in [0.3, 0.4) is 0 Å². The number of hydrogen-bond donors (Lipinski definition) is 1. The highest BCUT2D eigenvalue weighted by Crippen LogP contribution is 2.24. The molecule has 1 aliphatic rings. The monoisotopic (exact) mass is 381 g/mol. The number of nitrogens with zero attached hydrogens (tertiary/aromatic N) is 2. The molecule has 160 valence electrons. The number of rotatable bonds is 18. The highest BCUT2D eigenvalue weighted by Gasteiger charge is 2.34. The third-order valence-corrected chi connectivity index (χ3v) is 6.22. The predicted molar refractivity (Wildman–Crippen MR) is 119 cm³/mol. The second-order valence-corrected chi connectivity index (χ2v) is 8.46. The first-order valence-corrected chi connectivity index (χ1v) is 12.3. The van der Waals surface area contributed by atoms with Crippen LogP contribution in [0.15, 0.2) is 0 Å². The Morgan fingerprint density at radius 3 is 1.81 bits per heavy atom. The van der Waals surface area contributed by atoms with Crippen molar-refractivity contribution in [3.8, 4) is 0 Å². The van der Waals surface area contributed by atoms with Crippen LogP contribution in [0, 0.1) is 5.92 Å². The average Bonchev–Trinajstić information content (AvgIpc) is 3.08. The first kappa shape index (κ1) is 24.5. The van der Waals surface area contributed by atoms with Crippen molar-refractivity contribution in [1.82, 2.24) is 4.90 Å². The fourth-order valence-electron chi connectivity index (χ4n) is 4.60. The molecule has 0 saturated carbocycles. The third kappa shape index (κ3) is 9.96. The number of likely N-dealkylation sites (N-methyl/N-ethyl adjacent to an activating group) is 1. The first-order chi connectivity index (χ1) is 13.3. The van der Waals surface area contributed by atoms with Gasteiger partial charge in [0.15, 0.2) is 0 Å². The van der Waals surface area contributed by atoms with Crippen LogP contribution in [-0.2, 0) is 0 Å². The fourth-order valence-corrected chi connectivity index (χ4v) is 4.60. The van der Waals surface area contributed by atoms with Crippen molar-refractivity contribution in [3.05, 3.63) is 0 Å². The highest BCUT2D eigenvalue weighted by atomic mass is 16.3. The molecular weight excluding hydrogens is 332 g/mol. The Morgan fingerprint density at radius 2 is 1.33 bits per heavy atom. The van der Waals surface area contributed by atoms with Gasteiger partial charge in [0.2, 0.25) is 5.84 Å². The third-order valence-electron chi connectivity index (χ3n) is 6.22. The zero-order valence-corrected chi connectivity index (χ0v) is 18.9. The van der Waals surface area contributed by atoms with Crippen molar-refractivity contribution in [2.45, 2.75) is 111 Å². The molecule has 0 spiro atoms. The van der Waals surface area contributed by atoms with Crippen LogP contribution in [0.5, 0.6) is 0 Å². The summed E-state index contributed by atoms with van der Waals surface area (Å²) in [6, 6.07) is 0. The molecule has 3 nitrogen and oxygen atoms in total. The van der Waals surface area contributed by atoms with Crippen molar-refractivity contribution in [1.29, 1.82) is 0 Å². The highest BCUT2D eigenvalue weighted by molar-refractivity contribution is 5.81. The number of aliphatic hydroxyl groups is 1. The summed E-state index contributed by atoms with van der Waals surface area (Å²) in [7, 11) is 0. The summed E-state index contributed by atoms with van der Waals surface area (Å²) in [6.07, 6.45) is 19.3. The van der Waals surface area contributed by atoms with Crippen molar-refractivity contribution in [2.75, 3.05) is 32.8 Å². The van der Waals surface area contributed by atoms with Crippen LogP contribution in [-0.4, -0.2) is 53.2 Å². The summed E-state index contributed by atoms with van der Waals surface area (Å²) in [5, 5.41) is 9.50. The second-order valence-electron chi connectivity index (χ2n) is 8.46. The zero-order chi connectivity index (χ0) is 19.7. The summed E-state index contributed by atoms with van der Waals surface area (Å²) in [6.45, 7) is 11.3. The van der Waals surface area contributed by atoms with Crippen LogP contribution in [0.25, 0.3) is 0 Å². The Hall–Kier alpha value is -0.570. The molecule has 0 amide bonds. The second kappa shape index (κ2) is 16.4. The molecule has 0 aromatic carbocycles. The predicted octanol–water partition coefficient (Wildman–Crippen LogP) is 5.84. The summed E-state index contributed by atoms with van der Waals surface area (Å²) >= 11 is 0. The van der Waals surface area contributed by atoms with E-state index in [2.05, 4.69) is 30.2 Å². The number of β-amino-alcohol motifs (C(OH)–C–C–N with tert-alkyl or cyclic N) is 1. The molecule has 0 fully saturated rings. The zero-order valence-electron chi connectivity index (χ0n) is 18.9. The minimum atomic E-state index is 0.279. The maximum Gasteiger partial charge on any atom is 0.250 e. The molecule has 3 heteroatoms. The van der Waals surface area contributed by atoms with E-state index in [4.69, 9.17) is 0 Å². The lowest BCUT2D eigenvalue weighted by Gasteiger charge is -2.21. The molecule has 1 unspecified atom stereocenters.